The average Bonchev–Trinajstić information content (AvgIpc) is 3.34. The molecule has 0 aliphatic rings. The van der Waals surface area contributed by atoms with E-state index in [-0.39, 0.29) is 17.3 Å². The lowest BCUT2D eigenvalue weighted by Crippen LogP contribution is -2.14. The topological polar surface area (TPSA) is 104 Å². The molecular formula is C33H26N2O6. The Hall–Kier alpha value is -5.37. The Morgan fingerprint density at radius 2 is 1.32 bits per heavy atom. The summed E-state index contributed by atoms with van der Waals surface area (Å²) in [7, 11) is 1.31. The molecule has 8 nitrogen and oxygen atoms in total. The van der Waals surface area contributed by atoms with Crippen LogP contribution in [0.4, 0.5) is 0 Å². The van der Waals surface area contributed by atoms with Gasteiger partial charge in [-0.15, -0.1) is 0 Å². The van der Waals surface area contributed by atoms with Gasteiger partial charge in [-0.3, -0.25) is 9.59 Å². The van der Waals surface area contributed by atoms with Crippen LogP contribution in [-0.2, 0) is 14.4 Å². The molecule has 0 spiro atoms. The number of oxime groups is 1. The van der Waals surface area contributed by atoms with Gasteiger partial charge in [0, 0.05) is 40.1 Å². The molecule has 5 rings (SSSR count). The van der Waals surface area contributed by atoms with Crippen molar-refractivity contribution in [2.75, 3.05) is 7.11 Å². The number of aromatic nitrogens is 1. The van der Waals surface area contributed by atoms with Crippen molar-refractivity contribution in [1.82, 2.24) is 4.57 Å². The van der Waals surface area contributed by atoms with Crippen LogP contribution < -0.4 is 0 Å². The van der Waals surface area contributed by atoms with Gasteiger partial charge in [-0.1, -0.05) is 42.4 Å². The number of rotatable bonds is 8. The maximum absolute atomic E-state index is 13.1. The van der Waals surface area contributed by atoms with E-state index in [1.807, 2.05) is 48.5 Å². The van der Waals surface area contributed by atoms with Gasteiger partial charge in [0.15, 0.2) is 5.78 Å². The third-order valence-electron chi connectivity index (χ3n) is 6.77. The number of hydrogen-bond donors (Lipinski definition) is 0. The Kier molecular flexibility index (Phi) is 7.56. The van der Waals surface area contributed by atoms with Crippen molar-refractivity contribution in [2.45, 2.75) is 20.3 Å². The van der Waals surface area contributed by atoms with Gasteiger partial charge in [0.1, 0.15) is 5.71 Å². The fraction of sp³-hybridized carbons (Fsp3) is 0.121. The van der Waals surface area contributed by atoms with Crippen LogP contribution in [0.1, 0.15) is 56.9 Å². The van der Waals surface area contributed by atoms with Crippen molar-refractivity contribution in [1.29, 1.82) is 0 Å². The number of fused-ring (bicyclic) bond motifs is 3. The lowest BCUT2D eigenvalue weighted by atomic mass is 10.0. The summed E-state index contributed by atoms with van der Waals surface area (Å²) in [5, 5.41) is 5.57. The van der Waals surface area contributed by atoms with Crippen LogP contribution in [-0.4, -0.2) is 40.9 Å². The second-order valence-electron chi connectivity index (χ2n) is 9.33. The Labute approximate surface area is 235 Å². The Morgan fingerprint density at radius 1 is 0.732 bits per heavy atom. The number of ether oxygens (including phenoxy) is 1. The molecule has 0 saturated heterocycles. The molecule has 0 saturated carbocycles. The number of nitrogens with zero attached hydrogens (tertiary/aromatic N) is 2. The SMILES string of the molecule is CC/C(=N\OC(C)=O)C(=O)c1ccc2c(c1)c1ccccc1n2-c1ccc(C(=O)c2ccc(C(=O)OC)cc2)cc1. The second kappa shape index (κ2) is 11.4. The van der Waals surface area contributed by atoms with Crippen LogP contribution in [0.3, 0.4) is 0 Å². The third-order valence-corrected chi connectivity index (χ3v) is 6.77. The standard InChI is InChI=1S/C33H26N2O6/c1-4-28(34-41-20(2)36)32(38)24-15-18-30-27(19-24)26-7-5-6-8-29(26)35(30)25-16-13-22(14-17-25)31(37)21-9-11-23(12-10-21)33(39)40-3/h5-19H,4H2,1-3H3/b34-28+. The number of Topliss-reactive ketones (excluding diaryl/α,β-unsaturated/α-hetero) is 1. The van der Waals surface area contributed by atoms with E-state index in [1.165, 1.54) is 14.0 Å². The first kappa shape index (κ1) is 27.2. The first-order valence-electron chi connectivity index (χ1n) is 13.0. The van der Waals surface area contributed by atoms with E-state index in [4.69, 9.17) is 9.57 Å². The molecule has 0 bridgehead atoms. The molecule has 0 aliphatic heterocycles. The van der Waals surface area contributed by atoms with Gasteiger partial charge in [-0.2, -0.15) is 0 Å². The number of benzene rings is 4. The summed E-state index contributed by atoms with van der Waals surface area (Å²) >= 11 is 0. The molecular weight excluding hydrogens is 520 g/mol. The van der Waals surface area contributed by atoms with Crippen molar-refractivity contribution in [2.24, 2.45) is 5.16 Å². The van der Waals surface area contributed by atoms with Gasteiger partial charge in [-0.05, 0) is 67.1 Å². The van der Waals surface area contributed by atoms with Gasteiger partial charge < -0.3 is 14.1 Å². The zero-order valence-corrected chi connectivity index (χ0v) is 22.7. The molecule has 204 valence electrons. The first-order valence-corrected chi connectivity index (χ1v) is 13.0. The van der Waals surface area contributed by atoms with Gasteiger partial charge >= 0.3 is 11.9 Å². The monoisotopic (exact) mass is 546 g/mol. The number of ketones is 2. The van der Waals surface area contributed by atoms with Gasteiger partial charge in [0.2, 0.25) is 5.78 Å². The molecule has 0 fully saturated rings. The summed E-state index contributed by atoms with van der Waals surface area (Å²) in [6.45, 7) is 3.00. The van der Waals surface area contributed by atoms with Gasteiger partial charge in [0.25, 0.3) is 0 Å². The van der Waals surface area contributed by atoms with Crippen LogP contribution >= 0.6 is 0 Å². The Bertz CT molecular complexity index is 1850. The molecule has 8 heteroatoms. The zero-order chi connectivity index (χ0) is 29.1. The summed E-state index contributed by atoms with van der Waals surface area (Å²) in [5.41, 5.74) is 4.60. The quantitative estimate of drug-likeness (QED) is 0.0742. The fourth-order valence-electron chi connectivity index (χ4n) is 4.75. The number of esters is 1. The molecule has 0 radical (unpaired) electrons. The lowest BCUT2D eigenvalue weighted by molar-refractivity contribution is -0.140. The highest BCUT2D eigenvalue weighted by Gasteiger charge is 2.18. The molecule has 0 unspecified atom stereocenters. The van der Waals surface area contributed by atoms with E-state index in [1.54, 1.807) is 49.4 Å². The average molecular weight is 547 g/mol. The largest absolute Gasteiger partial charge is 0.465 e. The van der Waals surface area contributed by atoms with Gasteiger partial charge in [0.05, 0.1) is 23.7 Å². The van der Waals surface area contributed by atoms with E-state index in [0.717, 1.165) is 27.5 Å². The lowest BCUT2D eigenvalue weighted by Gasteiger charge is -2.10. The van der Waals surface area contributed by atoms with E-state index in [9.17, 15) is 19.2 Å². The van der Waals surface area contributed by atoms with E-state index >= 15 is 0 Å². The van der Waals surface area contributed by atoms with Crippen molar-refractivity contribution >= 4 is 51.0 Å². The number of hydrogen-bond acceptors (Lipinski definition) is 7. The summed E-state index contributed by atoms with van der Waals surface area (Å²) < 4.78 is 6.79. The maximum atomic E-state index is 13.1. The smallest absolute Gasteiger partial charge is 0.337 e. The number of carbonyl (C=O) groups is 4. The van der Waals surface area contributed by atoms with Crippen LogP contribution in [0.25, 0.3) is 27.5 Å². The van der Waals surface area contributed by atoms with E-state index < -0.39 is 11.9 Å². The fourth-order valence-corrected chi connectivity index (χ4v) is 4.75. The van der Waals surface area contributed by atoms with Crippen LogP contribution in [0, 0.1) is 0 Å². The van der Waals surface area contributed by atoms with E-state index in [2.05, 4.69) is 9.72 Å². The highest BCUT2D eigenvalue weighted by molar-refractivity contribution is 6.46. The predicted octanol–water partition coefficient (Wildman–Crippen LogP) is 6.31. The number of para-hydroxylation sites is 1. The third kappa shape index (κ3) is 5.27. The normalized spacial score (nSPS) is 11.4. The second-order valence-corrected chi connectivity index (χ2v) is 9.33. The van der Waals surface area contributed by atoms with E-state index in [0.29, 0.717) is 28.7 Å². The molecule has 41 heavy (non-hydrogen) atoms. The summed E-state index contributed by atoms with van der Waals surface area (Å²) in [6.07, 6.45) is 0.312. The zero-order valence-electron chi connectivity index (χ0n) is 22.7. The van der Waals surface area contributed by atoms with Crippen molar-refractivity contribution < 1.29 is 28.8 Å². The molecule has 0 amide bonds. The summed E-state index contributed by atoms with van der Waals surface area (Å²) in [4.78, 5) is 53.8. The summed E-state index contributed by atoms with van der Waals surface area (Å²) in [5.74, 6) is -1.53. The van der Waals surface area contributed by atoms with Crippen LogP contribution in [0.5, 0.6) is 0 Å². The van der Waals surface area contributed by atoms with Crippen molar-refractivity contribution in [3.05, 3.63) is 113 Å². The summed E-state index contributed by atoms with van der Waals surface area (Å²) in [6, 6.07) is 26.9. The minimum atomic E-state index is -0.591. The number of carbonyl (C=O) groups excluding carboxylic acids is 4. The predicted molar refractivity (Wildman–Crippen MR) is 156 cm³/mol. The first-order chi connectivity index (χ1) is 19.8. The molecule has 4 aromatic carbocycles. The van der Waals surface area contributed by atoms with Gasteiger partial charge in [-0.25, -0.2) is 9.59 Å². The maximum Gasteiger partial charge on any atom is 0.337 e. The minimum Gasteiger partial charge on any atom is -0.465 e. The van der Waals surface area contributed by atoms with Crippen molar-refractivity contribution in [3.63, 3.8) is 0 Å². The highest BCUT2D eigenvalue weighted by atomic mass is 16.7. The molecule has 5 aromatic rings. The van der Waals surface area contributed by atoms with Crippen molar-refractivity contribution in [3.8, 4) is 5.69 Å². The van der Waals surface area contributed by atoms with Crippen LogP contribution in [0.15, 0.2) is 96.2 Å². The molecule has 1 heterocycles. The molecule has 0 aliphatic carbocycles. The van der Waals surface area contributed by atoms with Crippen LogP contribution in [0.2, 0.25) is 0 Å². The minimum absolute atomic E-state index is 0.156. The molecule has 0 atom stereocenters. The Balaban J connectivity index is 1.51. The molecule has 1 aromatic heterocycles. The highest BCUT2D eigenvalue weighted by Crippen LogP contribution is 2.33. The number of methoxy groups -OCH3 is 1. The molecule has 0 N–H and O–H groups in total. The Morgan fingerprint density at radius 3 is 1.95 bits per heavy atom.